The van der Waals surface area contributed by atoms with Crippen molar-refractivity contribution in [3.05, 3.63) is 77.6 Å². The van der Waals surface area contributed by atoms with Gasteiger partial charge in [-0.25, -0.2) is 0 Å². The molecule has 0 fully saturated rings. The molecule has 1 unspecified atom stereocenters. The number of nitrogens with one attached hydrogen (secondary N) is 1. The lowest BCUT2D eigenvalue weighted by Crippen LogP contribution is -2.64. The first kappa shape index (κ1) is 19.7. The maximum absolute atomic E-state index is 13.5. The molecule has 30 heavy (non-hydrogen) atoms. The predicted octanol–water partition coefficient (Wildman–Crippen LogP) is 2.94. The van der Waals surface area contributed by atoms with Gasteiger partial charge in [0.1, 0.15) is 17.0 Å². The van der Waals surface area contributed by atoms with Crippen LogP contribution in [0.5, 0.6) is 5.75 Å². The summed E-state index contributed by atoms with van der Waals surface area (Å²) in [6.45, 7) is 4.23. The molecule has 7 heteroatoms. The second-order valence-corrected chi connectivity index (χ2v) is 7.61. The number of aromatic nitrogens is 2. The number of anilines is 1. The molecule has 0 saturated heterocycles. The highest BCUT2D eigenvalue weighted by Gasteiger charge is 2.48. The molecule has 1 aliphatic rings. The molecule has 0 saturated carbocycles. The number of aryl methyl sites for hydroxylation is 1. The zero-order valence-corrected chi connectivity index (χ0v) is 17.3. The van der Waals surface area contributed by atoms with Gasteiger partial charge in [-0.05, 0) is 37.6 Å². The van der Waals surface area contributed by atoms with Crippen molar-refractivity contribution in [1.29, 1.82) is 0 Å². The molecule has 0 aliphatic carbocycles. The highest BCUT2D eigenvalue weighted by atomic mass is 16.5. The van der Waals surface area contributed by atoms with E-state index in [-0.39, 0.29) is 18.4 Å². The van der Waals surface area contributed by atoms with Crippen LogP contribution in [-0.4, -0.2) is 34.2 Å². The van der Waals surface area contributed by atoms with Gasteiger partial charge >= 0.3 is 0 Å². The third-order valence-electron chi connectivity index (χ3n) is 5.37. The summed E-state index contributed by atoms with van der Waals surface area (Å²) in [5.74, 6) is 0.0939. The normalized spacial score (nSPS) is 18.1. The predicted molar refractivity (Wildman–Crippen MR) is 113 cm³/mol. The molecule has 2 amide bonds. The molecule has 7 nitrogen and oxygen atoms in total. The van der Waals surface area contributed by atoms with Crippen LogP contribution in [0, 0.1) is 6.92 Å². The second kappa shape index (κ2) is 7.67. The molecular formula is C23H24N4O3. The van der Waals surface area contributed by atoms with E-state index in [1.165, 1.54) is 0 Å². The number of carbonyl (C=O) groups excluding carboxylic acids is 2. The van der Waals surface area contributed by atoms with Gasteiger partial charge in [-0.3, -0.25) is 19.2 Å². The molecule has 0 bridgehead atoms. The van der Waals surface area contributed by atoms with Crippen LogP contribution in [0.25, 0.3) is 0 Å². The van der Waals surface area contributed by atoms with E-state index in [0.717, 1.165) is 11.3 Å². The van der Waals surface area contributed by atoms with Gasteiger partial charge in [-0.1, -0.05) is 36.4 Å². The van der Waals surface area contributed by atoms with Crippen LogP contribution < -0.4 is 15.0 Å². The Morgan fingerprint density at radius 3 is 2.67 bits per heavy atom. The number of hydrogen-bond acceptors (Lipinski definition) is 4. The molecule has 1 aliphatic heterocycles. The number of benzene rings is 2. The van der Waals surface area contributed by atoms with Crippen LogP contribution in [0.3, 0.4) is 0 Å². The van der Waals surface area contributed by atoms with Crippen molar-refractivity contribution in [2.75, 3.05) is 12.0 Å². The number of fused-ring (bicyclic) bond motifs is 1. The van der Waals surface area contributed by atoms with E-state index in [9.17, 15) is 9.59 Å². The number of ether oxygens (including phenoxy) is 1. The van der Waals surface area contributed by atoms with E-state index >= 15 is 0 Å². The summed E-state index contributed by atoms with van der Waals surface area (Å²) in [5, 5.41) is 7.41. The van der Waals surface area contributed by atoms with E-state index < -0.39 is 5.54 Å². The van der Waals surface area contributed by atoms with Gasteiger partial charge in [0.05, 0.1) is 19.3 Å². The summed E-state index contributed by atoms with van der Waals surface area (Å²) >= 11 is 0. The quantitative estimate of drug-likeness (QED) is 0.709. The molecule has 2 aromatic carbocycles. The first-order chi connectivity index (χ1) is 14.4. The molecule has 1 atom stereocenters. The Kier molecular flexibility index (Phi) is 5.03. The number of amides is 2. The van der Waals surface area contributed by atoms with Gasteiger partial charge in [0.15, 0.2) is 0 Å². The van der Waals surface area contributed by atoms with E-state index in [0.29, 0.717) is 23.7 Å². The van der Waals surface area contributed by atoms with Crippen LogP contribution in [0.4, 0.5) is 5.69 Å². The molecule has 4 rings (SSSR count). The summed E-state index contributed by atoms with van der Waals surface area (Å²) in [5.41, 5.74) is 1.62. The average Bonchev–Trinajstić information content (AvgIpc) is 3.13. The fourth-order valence-electron chi connectivity index (χ4n) is 3.83. The maximum atomic E-state index is 13.5. The van der Waals surface area contributed by atoms with Gasteiger partial charge in [0.2, 0.25) is 5.91 Å². The van der Waals surface area contributed by atoms with Gasteiger partial charge in [0.25, 0.3) is 5.91 Å². The summed E-state index contributed by atoms with van der Waals surface area (Å²) < 4.78 is 6.95. The van der Waals surface area contributed by atoms with Crippen molar-refractivity contribution in [3.63, 3.8) is 0 Å². The Morgan fingerprint density at radius 1 is 1.17 bits per heavy atom. The molecule has 0 radical (unpaired) electrons. The Balaban J connectivity index is 1.73. The van der Waals surface area contributed by atoms with Crippen molar-refractivity contribution in [2.24, 2.45) is 0 Å². The fourth-order valence-corrected chi connectivity index (χ4v) is 3.83. The van der Waals surface area contributed by atoms with Crippen LogP contribution >= 0.6 is 0 Å². The lowest BCUT2D eigenvalue weighted by atomic mass is 9.93. The topological polar surface area (TPSA) is 76.5 Å². The second-order valence-electron chi connectivity index (χ2n) is 7.61. The monoisotopic (exact) mass is 404 g/mol. The van der Waals surface area contributed by atoms with E-state index in [4.69, 9.17) is 4.74 Å². The van der Waals surface area contributed by atoms with E-state index in [1.54, 1.807) is 47.9 Å². The fraction of sp³-hybridized carbons (Fsp3) is 0.261. The molecule has 1 aromatic heterocycles. The SMILES string of the molecule is COc1cccc(N2C(=O)c3cc(C)nn3CC2(C)C(=O)NCc2ccccc2)c1. The number of methoxy groups -OCH3 is 1. The lowest BCUT2D eigenvalue weighted by Gasteiger charge is -2.43. The van der Waals surface area contributed by atoms with Crippen molar-refractivity contribution in [1.82, 2.24) is 15.1 Å². The molecule has 3 aromatic rings. The van der Waals surface area contributed by atoms with Crippen LogP contribution in [0.1, 0.15) is 28.7 Å². The number of nitrogens with zero attached hydrogens (tertiary/aromatic N) is 3. The standard InChI is InChI=1S/C23H24N4O3/c1-16-12-20-21(28)27(18-10-7-11-19(13-18)30-3)23(2,15-26(20)25-16)22(29)24-14-17-8-5-4-6-9-17/h4-13H,14-15H2,1-3H3,(H,24,29). The Hall–Kier alpha value is -3.61. The van der Waals surface area contributed by atoms with Crippen molar-refractivity contribution < 1.29 is 14.3 Å². The molecule has 2 heterocycles. The molecule has 154 valence electrons. The third-order valence-corrected chi connectivity index (χ3v) is 5.37. The Morgan fingerprint density at radius 2 is 1.93 bits per heavy atom. The van der Waals surface area contributed by atoms with Gasteiger partial charge in [-0.2, -0.15) is 5.10 Å². The number of carbonyl (C=O) groups is 2. The highest BCUT2D eigenvalue weighted by molar-refractivity contribution is 6.11. The number of rotatable bonds is 5. The van der Waals surface area contributed by atoms with Crippen LogP contribution in [0.2, 0.25) is 0 Å². The maximum Gasteiger partial charge on any atom is 0.277 e. The Bertz CT molecular complexity index is 1090. The number of hydrogen-bond donors (Lipinski definition) is 1. The molecule has 0 spiro atoms. The van der Waals surface area contributed by atoms with E-state index in [1.807, 2.05) is 43.3 Å². The Labute approximate surface area is 175 Å². The zero-order chi connectivity index (χ0) is 21.3. The minimum atomic E-state index is -1.16. The molecular weight excluding hydrogens is 380 g/mol. The van der Waals surface area contributed by atoms with Crippen LogP contribution in [-0.2, 0) is 17.9 Å². The minimum Gasteiger partial charge on any atom is -0.497 e. The summed E-state index contributed by atoms with van der Waals surface area (Å²) in [7, 11) is 1.57. The van der Waals surface area contributed by atoms with Crippen molar-refractivity contribution in [3.8, 4) is 5.75 Å². The zero-order valence-electron chi connectivity index (χ0n) is 17.3. The summed E-state index contributed by atoms with van der Waals surface area (Å²) in [4.78, 5) is 28.4. The molecule has 1 N–H and O–H groups in total. The lowest BCUT2D eigenvalue weighted by molar-refractivity contribution is -0.126. The van der Waals surface area contributed by atoms with Gasteiger partial charge < -0.3 is 10.1 Å². The highest BCUT2D eigenvalue weighted by Crippen LogP contribution is 2.34. The van der Waals surface area contributed by atoms with E-state index in [2.05, 4.69) is 10.4 Å². The smallest absolute Gasteiger partial charge is 0.277 e. The first-order valence-corrected chi connectivity index (χ1v) is 9.77. The van der Waals surface area contributed by atoms with Gasteiger partial charge in [-0.15, -0.1) is 0 Å². The van der Waals surface area contributed by atoms with Gasteiger partial charge in [0, 0.05) is 18.3 Å². The summed E-state index contributed by atoms with van der Waals surface area (Å²) in [6.07, 6.45) is 0. The minimum absolute atomic E-state index is 0.249. The largest absolute Gasteiger partial charge is 0.497 e. The average molecular weight is 404 g/mol. The first-order valence-electron chi connectivity index (χ1n) is 9.77. The van der Waals surface area contributed by atoms with Crippen LogP contribution in [0.15, 0.2) is 60.7 Å². The summed E-state index contributed by atoms with van der Waals surface area (Å²) in [6, 6.07) is 18.6. The third kappa shape index (κ3) is 3.43. The van der Waals surface area contributed by atoms with Crippen molar-refractivity contribution >= 4 is 17.5 Å². The van der Waals surface area contributed by atoms with Crippen molar-refractivity contribution in [2.45, 2.75) is 32.5 Å².